The van der Waals surface area contributed by atoms with E-state index >= 15 is 0 Å². The molecule has 0 fully saturated rings. The van der Waals surface area contributed by atoms with Crippen LogP contribution in [-0.4, -0.2) is 9.55 Å². The lowest BCUT2D eigenvalue weighted by molar-refractivity contribution is 0.833. The van der Waals surface area contributed by atoms with E-state index in [4.69, 9.17) is 0 Å². The average Bonchev–Trinajstić information content (AvgIpc) is 2.72. The summed E-state index contributed by atoms with van der Waals surface area (Å²) in [6.45, 7) is 6.53. The molecule has 0 spiro atoms. The third kappa shape index (κ3) is 2.77. The minimum Gasteiger partial charge on any atom is -0.326 e. The molecule has 1 N–H and O–H groups in total. The lowest BCUT2D eigenvalue weighted by Gasteiger charge is -2.09. The molecule has 0 amide bonds. The molecule has 4 heteroatoms. The lowest BCUT2D eigenvalue weighted by atomic mass is 10.2. The summed E-state index contributed by atoms with van der Waals surface area (Å²) in [5, 5.41) is 3.28. The molecule has 0 bridgehead atoms. The molecule has 17 heavy (non-hydrogen) atoms. The Morgan fingerprint density at radius 1 is 1.53 bits per heavy atom. The van der Waals surface area contributed by atoms with E-state index in [0.29, 0.717) is 0 Å². The number of allylic oxidation sites excluding steroid dienone is 1. The highest BCUT2D eigenvalue weighted by atomic mass is 79.9. The molecular formula is C13H14BrN3. The largest absolute Gasteiger partial charge is 0.326 e. The Morgan fingerprint density at radius 2 is 2.35 bits per heavy atom. The third-order valence-electron chi connectivity index (χ3n) is 2.47. The molecule has 0 atom stereocenters. The molecule has 3 nitrogen and oxygen atoms in total. The second-order valence-electron chi connectivity index (χ2n) is 3.78. The number of rotatable bonds is 4. The van der Waals surface area contributed by atoms with Crippen LogP contribution < -0.4 is 5.32 Å². The fraction of sp³-hybridized carbons (Fsp3) is 0.154. The summed E-state index contributed by atoms with van der Waals surface area (Å²) in [6, 6.07) is 6.14. The molecule has 1 aromatic heterocycles. The van der Waals surface area contributed by atoms with E-state index in [2.05, 4.69) is 45.8 Å². The van der Waals surface area contributed by atoms with Crippen molar-refractivity contribution in [3.05, 3.63) is 53.3 Å². The molecule has 0 aliphatic rings. The van der Waals surface area contributed by atoms with Crippen molar-refractivity contribution in [2.75, 3.05) is 5.32 Å². The van der Waals surface area contributed by atoms with Gasteiger partial charge in [-0.15, -0.1) is 6.58 Å². The van der Waals surface area contributed by atoms with Gasteiger partial charge in [-0.25, -0.2) is 4.98 Å². The summed E-state index contributed by atoms with van der Waals surface area (Å²) in [6.07, 6.45) is 5.54. The van der Waals surface area contributed by atoms with Crippen LogP contribution in [0.15, 0.2) is 47.7 Å². The maximum Gasteiger partial charge on any atom is 0.207 e. The average molecular weight is 292 g/mol. The highest BCUT2D eigenvalue weighted by Gasteiger charge is 2.03. The van der Waals surface area contributed by atoms with Gasteiger partial charge in [-0.05, 0) is 24.6 Å². The van der Waals surface area contributed by atoms with Crippen LogP contribution in [0.2, 0.25) is 0 Å². The molecule has 0 aliphatic heterocycles. The van der Waals surface area contributed by atoms with E-state index in [1.54, 1.807) is 6.20 Å². The van der Waals surface area contributed by atoms with Crippen molar-refractivity contribution in [2.45, 2.75) is 13.5 Å². The fourth-order valence-corrected chi connectivity index (χ4v) is 1.90. The quantitative estimate of drug-likeness (QED) is 0.867. The summed E-state index contributed by atoms with van der Waals surface area (Å²) in [5.41, 5.74) is 2.23. The second kappa shape index (κ2) is 5.19. The molecule has 0 saturated carbocycles. The van der Waals surface area contributed by atoms with Gasteiger partial charge >= 0.3 is 0 Å². The van der Waals surface area contributed by atoms with Crippen molar-refractivity contribution >= 4 is 27.6 Å². The second-order valence-corrected chi connectivity index (χ2v) is 4.64. The molecule has 2 rings (SSSR count). The Labute approximate surface area is 109 Å². The van der Waals surface area contributed by atoms with E-state index < -0.39 is 0 Å². The highest BCUT2D eigenvalue weighted by Crippen LogP contribution is 2.22. The van der Waals surface area contributed by atoms with Gasteiger partial charge in [0.2, 0.25) is 5.95 Å². The van der Waals surface area contributed by atoms with E-state index in [9.17, 15) is 0 Å². The Kier molecular flexibility index (Phi) is 3.64. The van der Waals surface area contributed by atoms with Crippen molar-refractivity contribution in [1.82, 2.24) is 9.55 Å². The van der Waals surface area contributed by atoms with Gasteiger partial charge in [-0.2, -0.15) is 0 Å². The topological polar surface area (TPSA) is 29.9 Å². The Hall–Kier alpha value is -1.55. The zero-order valence-corrected chi connectivity index (χ0v) is 11.2. The van der Waals surface area contributed by atoms with E-state index in [0.717, 1.165) is 22.7 Å². The molecule has 1 heterocycles. The smallest absolute Gasteiger partial charge is 0.207 e. The number of benzene rings is 1. The van der Waals surface area contributed by atoms with Crippen LogP contribution in [0.5, 0.6) is 0 Å². The van der Waals surface area contributed by atoms with Crippen LogP contribution in [0.1, 0.15) is 5.56 Å². The van der Waals surface area contributed by atoms with Gasteiger partial charge < -0.3 is 9.88 Å². The first-order chi connectivity index (χ1) is 8.20. The van der Waals surface area contributed by atoms with Crippen molar-refractivity contribution in [1.29, 1.82) is 0 Å². The van der Waals surface area contributed by atoms with Gasteiger partial charge in [0.25, 0.3) is 0 Å². The molecule has 0 aliphatic carbocycles. The van der Waals surface area contributed by atoms with E-state index in [1.807, 2.05) is 29.0 Å². The third-order valence-corrected chi connectivity index (χ3v) is 3.32. The first-order valence-electron chi connectivity index (χ1n) is 5.36. The number of aromatic nitrogens is 2. The molecule has 1 aromatic carbocycles. The summed E-state index contributed by atoms with van der Waals surface area (Å²) in [5.74, 6) is 0.820. The molecule has 0 saturated heterocycles. The standard InChI is InChI=1S/C13H14BrN3/c1-3-7-17-8-6-15-13(17)16-11-5-4-10(2)12(14)9-11/h3-6,8-9H,1,7H2,2H3,(H,15,16). The molecular weight excluding hydrogens is 278 g/mol. The number of aryl methyl sites for hydroxylation is 1. The summed E-state index contributed by atoms with van der Waals surface area (Å²) in [4.78, 5) is 4.27. The van der Waals surface area contributed by atoms with Gasteiger partial charge in [0.1, 0.15) is 0 Å². The minimum absolute atomic E-state index is 0.745. The summed E-state index contributed by atoms with van der Waals surface area (Å²) in [7, 11) is 0. The number of nitrogens with one attached hydrogen (secondary N) is 1. The Bertz CT molecular complexity index is 531. The molecule has 0 radical (unpaired) electrons. The van der Waals surface area contributed by atoms with Gasteiger partial charge in [0.15, 0.2) is 0 Å². The van der Waals surface area contributed by atoms with Gasteiger partial charge in [0.05, 0.1) is 0 Å². The van der Waals surface area contributed by atoms with Crippen molar-refractivity contribution < 1.29 is 0 Å². The molecule has 88 valence electrons. The van der Waals surface area contributed by atoms with Crippen molar-refractivity contribution in [3.8, 4) is 0 Å². The summed E-state index contributed by atoms with van der Waals surface area (Å²) >= 11 is 3.52. The fourth-order valence-electron chi connectivity index (χ4n) is 1.52. The van der Waals surface area contributed by atoms with Gasteiger partial charge in [0, 0.05) is 29.1 Å². The minimum atomic E-state index is 0.745. The number of nitrogens with zero attached hydrogens (tertiary/aromatic N) is 2. The number of imidazole rings is 1. The van der Waals surface area contributed by atoms with Crippen molar-refractivity contribution in [3.63, 3.8) is 0 Å². The van der Waals surface area contributed by atoms with E-state index in [1.165, 1.54) is 5.56 Å². The van der Waals surface area contributed by atoms with Crippen LogP contribution in [0, 0.1) is 6.92 Å². The predicted molar refractivity (Wildman–Crippen MR) is 74.6 cm³/mol. The zero-order valence-electron chi connectivity index (χ0n) is 9.65. The van der Waals surface area contributed by atoms with Crippen LogP contribution in [0.25, 0.3) is 0 Å². The van der Waals surface area contributed by atoms with Gasteiger partial charge in [-0.3, -0.25) is 0 Å². The predicted octanol–water partition coefficient (Wildman–Crippen LogP) is 3.88. The van der Waals surface area contributed by atoms with Crippen LogP contribution in [-0.2, 0) is 6.54 Å². The first kappa shape index (κ1) is 11.9. The highest BCUT2D eigenvalue weighted by molar-refractivity contribution is 9.10. The Morgan fingerprint density at radius 3 is 3.06 bits per heavy atom. The maximum absolute atomic E-state index is 4.27. The Balaban J connectivity index is 2.22. The molecule has 2 aromatic rings. The lowest BCUT2D eigenvalue weighted by Crippen LogP contribution is -2.01. The number of hydrogen-bond donors (Lipinski definition) is 1. The SMILES string of the molecule is C=CCn1ccnc1Nc1ccc(C)c(Br)c1. The van der Waals surface area contributed by atoms with Crippen molar-refractivity contribution in [2.24, 2.45) is 0 Å². The number of anilines is 2. The first-order valence-corrected chi connectivity index (χ1v) is 6.15. The van der Waals surface area contributed by atoms with Crippen LogP contribution in [0.3, 0.4) is 0 Å². The van der Waals surface area contributed by atoms with Crippen LogP contribution >= 0.6 is 15.9 Å². The normalized spacial score (nSPS) is 10.2. The number of halogens is 1. The number of hydrogen-bond acceptors (Lipinski definition) is 2. The summed E-state index contributed by atoms with van der Waals surface area (Å²) < 4.78 is 3.09. The van der Waals surface area contributed by atoms with Crippen LogP contribution in [0.4, 0.5) is 11.6 Å². The molecule has 0 unspecified atom stereocenters. The van der Waals surface area contributed by atoms with Gasteiger partial charge in [-0.1, -0.05) is 28.1 Å². The zero-order chi connectivity index (χ0) is 12.3. The maximum atomic E-state index is 4.27. The monoisotopic (exact) mass is 291 g/mol. The van der Waals surface area contributed by atoms with E-state index in [-0.39, 0.29) is 0 Å².